The van der Waals surface area contributed by atoms with Crippen LogP contribution in [0.2, 0.25) is 0 Å². The van der Waals surface area contributed by atoms with Crippen molar-refractivity contribution in [1.82, 2.24) is 4.72 Å². The van der Waals surface area contributed by atoms with Gasteiger partial charge in [0.2, 0.25) is 10.0 Å². The summed E-state index contributed by atoms with van der Waals surface area (Å²) in [4.78, 5) is 0. The summed E-state index contributed by atoms with van der Waals surface area (Å²) in [5.41, 5.74) is -0.854. The van der Waals surface area contributed by atoms with Crippen LogP contribution >= 0.6 is 0 Å². The first kappa shape index (κ1) is 16.5. The van der Waals surface area contributed by atoms with Gasteiger partial charge in [0, 0.05) is 6.54 Å². The normalized spacial score (nSPS) is 13.8. The molecule has 0 heterocycles. The minimum Gasteiger partial charge on any atom is -0.214 e. The molecule has 0 saturated heterocycles. The third-order valence-corrected chi connectivity index (χ3v) is 3.76. The molecule has 110 valence electrons. The van der Waals surface area contributed by atoms with Crippen LogP contribution in [-0.2, 0) is 22.0 Å². The first-order chi connectivity index (χ1) is 9.14. The van der Waals surface area contributed by atoms with Crippen molar-refractivity contribution in [1.29, 1.82) is 5.26 Å². The maximum Gasteiger partial charge on any atom is 0.416 e. The van der Waals surface area contributed by atoms with Gasteiger partial charge in [-0.3, -0.25) is 0 Å². The van der Waals surface area contributed by atoms with Gasteiger partial charge >= 0.3 is 6.18 Å². The molecule has 20 heavy (non-hydrogen) atoms. The molecule has 1 rings (SSSR count). The van der Waals surface area contributed by atoms with Gasteiger partial charge in [-0.05, 0) is 18.6 Å². The second-order valence-electron chi connectivity index (χ2n) is 4.34. The average molecular weight is 306 g/mol. The van der Waals surface area contributed by atoms with Gasteiger partial charge in [0.1, 0.15) is 0 Å². The van der Waals surface area contributed by atoms with E-state index in [0.717, 1.165) is 18.2 Å². The highest BCUT2D eigenvalue weighted by Gasteiger charge is 2.30. The number of alkyl halides is 3. The lowest BCUT2D eigenvalue weighted by Gasteiger charge is -2.10. The van der Waals surface area contributed by atoms with Crippen LogP contribution in [0, 0.1) is 17.2 Å². The van der Waals surface area contributed by atoms with Crippen molar-refractivity contribution in [2.24, 2.45) is 5.92 Å². The molecule has 0 aliphatic carbocycles. The zero-order valence-corrected chi connectivity index (χ0v) is 11.4. The standard InChI is InChI=1S/C12H13F3N2O2S/c1-9(6-16)7-17-20(18,19)8-10-3-2-4-11(5-10)12(13,14)15/h2-5,9,17H,7-8H2,1H3/t9-/m0/s1. The highest BCUT2D eigenvalue weighted by molar-refractivity contribution is 7.88. The summed E-state index contributed by atoms with van der Waals surface area (Å²) < 4.78 is 63.0. The van der Waals surface area contributed by atoms with Crippen LogP contribution in [-0.4, -0.2) is 15.0 Å². The minimum atomic E-state index is -4.51. The summed E-state index contributed by atoms with van der Waals surface area (Å²) >= 11 is 0. The van der Waals surface area contributed by atoms with Gasteiger partial charge < -0.3 is 0 Å². The number of hydrogen-bond donors (Lipinski definition) is 1. The second kappa shape index (κ2) is 6.24. The Kier molecular flexibility index (Phi) is 5.14. The molecule has 1 aromatic carbocycles. The van der Waals surface area contributed by atoms with Crippen LogP contribution in [0.4, 0.5) is 13.2 Å². The molecule has 0 aromatic heterocycles. The molecule has 0 aliphatic heterocycles. The van der Waals surface area contributed by atoms with Gasteiger partial charge in [-0.25, -0.2) is 13.1 Å². The molecule has 8 heteroatoms. The van der Waals surface area contributed by atoms with Gasteiger partial charge in [0.05, 0.1) is 23.3 Å². The minimum absolute atomic E-state index is 0.0388. The van der Waals surface area contributed by atoms with E-state index in [4.69, 9.17) is 5.26 Å². The molecule has 1 aromatic rings. The van der Waals surface area contributed by atoms with Crippen LogP contribution in [0.15, 0.2) is 24.3 Å². The Morgan fingerprint density at radius 1 is 1.40 bits per heavy atom. The molecular weight excluding hydrogens is 293 g/mol. The molecule has 0 unspecified atom stereocenters. The summed E-state index contributed by atoms with van der Waals surface area (Å²) in [6, 6.07) is 6.00. The van der Waals surface area contributed by atoms with Crippen molar-refractivity contribution in [3.63, 3.8) is 0 Å². The smallest absolute Gasteiger partial charge is 0.214 e. The number of sulfonamides is 1. The van der Waals surface area contributed by atoms with Crippen LogP contribution in [0.3, 0.4) is 0 Å². The van der Waals surface area contributed by atoms with Gasteiger partial charge in [0.15, 0.2) is 0 Å². The van der Waals surface area contributed by atoms with Crippen molar-refractivity contribution in [2.75, 3.05) is 6.54 Å². The first-order valence-corrected chi connectivity index (χ1v) is 7.32. The van der Waals surface area contributed by atoms with E-state index in [1.807, 2.05) is 6.07 Å². The quantitative estimate of drug-likeness (QED) is 0.907. The summed E-state index contributed by atoms with van der Waals surface area (Å²) in [5, 5.41) is 8.54. The Bertz CT molecular complexity index is 606. The van der Waals surface area contributed by atoms with E-state index >= 15 is 0 Å². The molecule has 0 aliphatic rings. The summed E-state index contributed by atoms with van der Waals surface area (Å²) in [6.45, 7) is 1.46. The molecule has 1 atom stereocenters. The maximum atomic E-state index is 12.5. The van der Waals surface area contributed by atoms with Gasteiger partial charge in [-0.2, -0.15) is 18.4 Å². The summed E-state index contributed by atoms with van der Waals surface area (Å²) in [6.07, 6.45) is -4.51. The number of hydrogen-bond acceptors (Lipinski definition) is 3. The SMILES string of the molecule is C[C@@H](C#N)CNS(=O)(=O)Cc1cccc(C(F)(F)F)c1. The Morgan fingerprint density at radius 3 is 2.60 bits per heavy atom. The zero-order chi connectivity index (χ0) is 15.4. The van der Waals surface area contributed by atoms with Crippen molar-refractivity contribution >= 4 is 10.0 Å². The van der Waals surface area contributed by atoms with E-state index in [1.165, 1.54) is 13.0 Å². The molecule has 0 amide bonds. The molecule has 0 fully saturated rings. The Labute approximate surface area is 115 Å². The van der Waals surface area contributed by atoms with E-state index < -0.39 is 33.4 Å². The molecule has 0 radical (unpaired) electrons. The number of nitriles is 1. The lowest BCUT2D eigenvalue weighted by molar-refractivity contribution is -0.137. The van der Waals surface area contributed by atoms with Gasteiger partial charge in [-0.1, -0.05) is 18.2 Å². The number of benzene rings is 1. The van der Waals surface area contributed by atoms with E-state index in [0.29, 0.717) is 0 Å². The summed E-state index contributed by atoms with van der Waals surface area (Å²) in [5.74, 6) is -1.07. The largest absolute Gasteiger partial charge is 0.416 e. The lowest BCUT2D eigenvalue weighted by Crippen LogP contribution is -2.29. The zero-order valence-electron chi connectivity index (χ0n) is 10.6. The first-order valence-electron chi connectivity index (χ1n) is 5.67. The fourth-order valence-corrected chi connectivity index (χ4v) is 2.63. The fourth-order valence-electron chi connectivity index (χ4n) is 1.41. The van der Waals surface area contributed by atoms with E-state index in [9.17, 15) is 21.6 Å². The molecular formula is C12H13F3N2O2S. The fraction of sp³-hybridized carbons (Fsp3) is 0.417. The molecule has 0 spiro atoms. The number of halogens is 3. The van der Waals surface area contributed by atoms with Crippen LogP contribution in [0.1, 0.15) is 18.1 Å². The Morgan fingerprint density at radius 2 is 2.05 bits per heavy atom. The molecule has 0 saturated carbocycles. The summed E-state index contributed by atoms with van der Waals surface area (Å²) in [7, 11) is -3.77. The van der Waals surface area contributed by atoms with Gasteiger partial charge in [0.25, 0.3) is 0 Å². The van der Waals surface area contributed by atoms with E-state index in [1.54, 1.807) is 0 Å². The van der Waals surface area contributed by atoms with Crippen molar-refractivity contribution in [3.8, 4) is 6.07 Å². The van der Waals surface area contributed by atoms with E-state index in [-0.39, 0.29) is 12.1 Å². The van der Waals surface area contributed by atoms with Crippen molar-refractivity contribution < 1.29 is 21.6 Å². The Hall–Kier alpha value is -1.59. The third-order valence-electron chi connectivity index (χ3n) is 2.44. The number of nitrogens with one attached hydrogen (secondary N) is 1. The van der Waals surface area contributed by atoms with Crippen molar-refractivity contribution in [3.05, 3.63) is 35.4 Å². The molecule has 1 N–H and O–H groups in total. The Balaban J connectivity index is 2.81. The predicted molar refractivity (Wildman–Crippen MR) is 66.8 cm³/mol. The highest BCUT2D eigenvalue weighted by atomic mass is 32.2. The monoisotopic (exact) mass is 306 g/mol. The van der Waals surface area contributed by atoms with Crippen LogP contribution in [0.5, 0.6) is 0 Å². The predicted octanol–water partition coefficient (Wildman–Crippen LogP) is 2.28. The van der Waals surface area contributed by atoms with Gasteiger partial charge in [-0.15, -0.1) is 0 Å². The van der Waals surface area contributed by atoms with Crippen LogP contribution in [0.25, 0.3) is 0 Å². The maximum absolute atomic E-state index is 12.5. The molecule has 0 bridgehead atoms. The number of nitrogens with zero attached hydrogens (tertiary/aromatic N) is 1. The number of rotatable bonds is 5. The van der Waals surface area contributed by atoms with Crippen LogP contribution < -0.4 is 4.72 Å². The lowest BCUT2D eigenvalue weighted by atomic mass is 10.1. The van der Waals surface area contributed by atoms with E-state index in [2.05, 4.69) is 4.72 Å². The topological polar surface area (TPSA) is 70.0 Å². The highest BCUT2D eigenvalue weighted by Crippen LogP contribution is 2.29. The second-order valence-corrected chi connectivity index (χ2v) is 6.14. The molecule has 4 nitrogen and oxygen atoms in total. The third kappa shape index (κ3) is 5.19. The van der Waals surface area contributed by atoms with Crippen molar-refractivity contribution in [2.45, 2.75) is 18.9 Å². The average Bonchev–Trinajstić information content (AvgIpc) is 2.35.